The van der Waals surface area contributed by atoms with Crippen LogP contribution in [-0.4, -0.2) is 52.9 Å². The van der Waals surface area contributed by atoms with E-state index in [9.17, 15) is 0 Å². The van der Waals surface area contributed by atoms with Crippen molar-refractivity contribution in [2.45, 2.75) is 122 Å². The maximum absolute atomic E-state index is 7.31. The fourth-order valence-corrected chi connectivity index (χ4v) is 7.52. The second-order valence-corrected chi connectivity index (χ2v) is 24.3. The molecule has 0 radical (unpaired) electrons. The molecule has 0 saturated carbocycles. The lowest BCUT2D eigenvalue weighted by Gasteiger charge is -2.44. The monoisotopic (exact) mass is 595 g/mol. The van der Waals surface area contributed by atoms with Gasteiger partial charge in [0.1, 0.15) is 0 Å². The molecule has 4 atom stereocenters. The van der Waals surface area contributed by atoms with Crippen molar-refractivity contribution in [2.24, 2.45) is 0 Å². The summed E-state index contributed by atoms with van der Waals surface area (Å²) in [4.78, 5) is 2.62. The normalized spacial score (nSPS) is 22.0. The highest BCUT2D eigenvalue weighted by Crippen LogP contribution is 2.44. The van der Waals surface area contributed by atoms with Gasteiger partial charge in [0.15, 0.2) is 16.6 Å². The summed E-state index contributed by atoms with van der Waals surface area (Å²) < 4.78 is 20.5. The fraction of sp³-hybridized carbons (Fsp3) is 0.600. The Bertz CT molecular complexity index is 1090. The standard InChI is InChI=1S/C35H57NO3Si2/c1-28(30-22-16-13-17-23-30)36-26-32(38-40(8,9)34(2,3)4)33(39-41(10,11)35(5,6)7)31(36)24-18-19-25-37-27-29-20-14-12-15-21-29/h12-18,20-24,28,31-33H,19,25-27H2,1-11H3/b24-18+/t28-,31+,32+,33+/m1/s1. The molecule has 4 nitrogen and oxygen atoms in total. The van der Waals surface area contributed by atoms with E-state index < -0.39 is 16.6 Å². The topological polar surface area (TPSA) is 30.9 Å². The summed E-state index contributed by atoms with van der Waals surface area (Å²) in [5, 5.41) is 0.251. The summed E-state index contributed by atoms with van der Waals surface area (Å²) in [6, 6.07) is 21.6. The Morgan fingerprint density at radius 2 is 1.37 bits per heavy atom. The summed E-state index contributed by atoms with van der Waals surface area (Å²) >= 11 is 0. The van der Waals surface area contributed by atoms with Crippen LogP contribution in [0.25, 0.3) is 0 Å². The quantitative estimate of drug-likeness (QED) is 0.139. The molecule has 0 spiro atoms. The highest BCUT2D eigenvalue weighted by Gasteiger charge is 2.51. The Morgan fingerprint density at radius 3 is 1.93 bits per heavy atom. The van der Waals surface area contributed by atoms with Gasteiger partial charge in [-0.1, -0.05) is 114 Å². The first-order valence-electron chi connectivity index (χ1n) is 15.5. The number of nitrogens with zero attached hydrogens (tertiary/aromatic N) is 1. The lowest BCUT2D eigenvalue weighted by molar-refractivity contribution is 0.0601. The van der Waals surface area contributed by atoms with Gasteiger partial charge in [0.2, 0.25) is 0 Å². The number of benzene rings is 2. The van der Waals surface area contributed by atoms with Crippen LogP contribution >= 0.6 is 0 Å². The van der Waals surface area contributed by atoms with Crippen molar-refractivity contribution in [1.82, 2.24) is 4.90 Å². The van der Waals surface area contributed by atoms with Crippen LogP contribution in [0.1, 0.15) is 72.1 Å². The van der Waals surface area contributed by atoms with E-state index in [4.69, 9.17) is 13.6 Å². The highest BCUT2D eigenvalue weighted by molar-refractivity contribution is 6.74. The highest BCUT2D eigenvalue weighted by atomic mass is 28.4. The smallest absolute Gasteiger partial charge is 0.192 e. The van der Waals surface area contributed by atoms with Crippen LogP contribution in [0.2, 0.25) is 36.3 Å². The number of likely N-dealkylation sites (tertiary alicyclic amines) is 1. The van der Waals surface area contributed by atoms with E-state index in [1.807, 2.05) is 6.07 Å². The summed E-state index contributed by atoms with van der Waals surface area (Å²) in [6.45, 7) is 28.0. The predicted molar refractivity (Wildman–Crippen MR) is 179 cm³/mol. The van der Waals surface area contributed by atoms with Crippen LogP contribution in [-0.2, 0) is 20.2 Å². The molecule has 2 aromatic rings. The minimum absolute atomic E-state index is 0.0160. The molecule has 228 valence electrons. The van der Waals surface area contributed by atoms with Crippen LogP contribution in [0.5, 0.6) is 0 Å². The third kappa shape index (κ3) is 8.98. The molecule has 0 aromatic heterocycles. The summed E-state index contributed by atoms with van der Waals surface area (Å²) in [5.41, 5.74) is 2.54. The van der Waals surface area contributed by atoms with Gasteiger partial charge in [-0.25, -0.2) is 0 Å². The lowest BCUT2D eigenvalue weighted by Crippen LogP contribution is -2.53. The van der Waals surface area contributed by atoms with E-state index in [1.54, 1.807) is 0 Å². The molecule has 3 rings (SSSR count). The van der Waals surface area contributed by atoms with E-state index in [2.05, 4.69) is 146 Å². The average molecular weight is 596 g/mol. The second kappa shape index (κ2) is 13.8. The van der Waals surface area contributed by atoms with E-state index in [0.717, 1.165) is 13.0 Å². The minimum Gasteiger partial charge on any atom is -0.410 e. The van der Waals surface area contributed by atoms with Gasteiger partial charge in [-0.05, 0) is 60.7 Å². The van der Waals surface area contributed by atoms with Crippen LogP contribution in [0.15, 0.2) is 72.8 Å². The van der Waals surface area contributed by atoms with Gasteiger partial charge in [-0.3, -0.25) is 4.90 Å². The molecule has 0 N–H and O–H groups in total. The molecule has 0 aliphatic carbocycles. The predicted octanol–water partition coefficient (Wildman–Crippen LogP) is 9.38. The van der Waals surface area contributed by atoms with Gasteiger partial charge in [-0.15, -0.1) is 0 Å². The summed E-state index contributed by atoms with van der Waals surface area (Å²) in [7, 11) is -4.09. The van der Waals surface area contributed by atoms with Gasteiger partial charge >= 0.3 is 0 Å². The van der Waals surface area contributed by atoms with Crippen LogP contribution < -0.4 is 0 Å². The zero-order valence-corrected chi connectivity index (χ0v) is 29.7. The van der Waals surface area contributed by atoms with Crippen molar-refractivity contribution >= 4 is 16.6 Å². The number of rotatable bonds is 12. The molecule has 1 aliphatic rings. The Kier molecular flexibility index (Phi) is 11.5. The fourth-order valence-electron chi connectivity index (χ4n) is 4.87. The van der Waals surface area contributed by atoms with E-state index in [1.165, 1.54) is 11.1 Å². The maximum atomic E-state index is 7.31. The van der Waals surface area contributed by atoms with Crippen molar-refractivity contribution in [2.75, 3.05) is 13.2 Å². The molecule has 1 fully saturated rings. The molecule has 41 heavy (non-hydrogen) atoms. The molecular formula is C35H57NO3Si2. The van der Waals surface area contributed by atoms with Gasteiger partial charge in [-0.2, -0.15) is 0 Å². The number of hydrogen-bond donors (Lipinski definition) is 0. The molecule has 1 aliphatic heterocycles. The van der Waals surface area contributed by atoms with Crippen molar-refractivity contribution in [3.63, 3.8) is 0 Å². The van der Waals surface area contributed by atoms with Crippen LogP contribution in [0.4, 0.5) is 0 Å². The van der Waals surface area contributed by atoms with Crippen LogP contribution in [0.3, 0.4) is 0 Å². The SMILES string of the molecule is C[C@H](c1ccccc1)N1C[C@H](O[Si](C)(C)C(C)(C)C)[C@@H](O[Si](C)(C)C(C)(C)C)[C@@H]1/C=C/CCOCc1ccccc1. The molecule has 0 unspecified atom stereocenters. The van der Waals surface area contributed by atoms with Crippen molar-refractivity contribution in [1.29, 1.82) is 0 Å². The van der Waals surface area contributed by atoms with E-state index in [0.29, 0.717) is 13.2 Å². The Labute approximate surface area is 253 Å². The van der Waals surface area contributed by atoms with Crippen LogP contribution in [0, 0.1) is 0 Å². The molecule has 0 amide bonds. The molecule has 0 bridgehead atoms. The average Bonchev–Trinajstić information content (AvgIpc) is 3.20. The first kappa shape index (κ1) is 33.9. The Hall–Kier alpha value is -1.55. The Morgan fingerprint density at radius 1 is 0.829 bits per heavy atom. The van der Waals surface area contributed by atoms with E-state index in [-0.39, 0.29) is 34.4 Å². The van der Waals surface area contributed by atoms with Gasteiger partial charge in [0, 0.05) is 12.6 Å². The zero-order chi connectivity index (χ0) is 30.5. The lowest BCUT2D eigenvalue weighted by atomic mass is 10.0. The third-order valence-corrected chi connectivity index (χ3v) is 18.6. The summed E-state index contributed by atoms with van der Waals surface area (Å²) in [6.07, 6.45) is 5.57. The van der Waals surface area contributed by atoms with Gasteiger partial charge in [0.25, 0.3) is 0 Å². The zero-order valence-electron chi connectivity index (χ0n) is 27.7. The molecule has 1 heterocycles. The first-order valence-corrected chi connectivity index (χ1v) is 21.3. The maximum Gasteiger partial charge on any atom is 0.192 e. The molecular weight excluding hydrogens is 539 g/mol. The molecule has 2 aromatic carbocycles. The molecule has 1 saturated heterocycles. The molecule has 6 heteroatoms. The van der Waals surface area contributed by atoms with Gasteiger partial charge < -0.3 is 13.6 Å². The van der Waals surface area contributed by atoms with Gasteiger partial charge in [0.05, 0.1) is 31.5 Å². The van der Waals surface area contributed by atoms with Crippen molar-refractivity contribution in [3.05, 3.63) is 83.9 Å². The van der Waals surface area contributed by atoms with Crippen molar-refractivity contribution < 1.29 is 13.6 Å². The summed E-state index contributed by atoms with van der Waals surface area (Å²) in [5.74, 6) is 0. The largest absolute Gasteiger partial charge is 0.410 e. The minimum atomic E-state index is -2.07. The number of ether oxygens (including phenoxy) is 1. The van der Waals surface area contributed by atoms with Crippen molar-refractivity contribution in [3.8, 4) is 0 Å². The second-order valence-electron chi connectivity index (χ2n) is 14.8. The third-order valence-electron chi connectivity index (χ3n) is 9.62. The van der Waals surface area contributed by atoms with E-state index >= 15 is 0 Å². The first-order chi connectivity index (χ1) is 19.0. The Balaban J connectivity index is 1.89. The number of hydrogen-bond acceptors (Lipinski definition) is 4.